The SMILES string of the molecule is CC(=O)OCC1OC(OCC(=O)NC(CN)CN)C(OC(C)=O)C(OC(C)=O)C1OC(C)=O. The van der Waals surface area contributed by atoms with E-state index in [4.69, 9.17) is 39.9 Å². The summed E-state index contributed by atoms with van der Waals surface area (Å²) in [5.74, 6) is -3.58. The smallest absolute Gasteiger partial charge is 0.303 e. The van der Waals surface area contributed by atoms with Crippen molar-refractivity contribution in [2.24, 2.45) is 11.5 Å². The van der Waals surface area contributed by atoms with Gasteiger partial charge in [0.1, 0.15) is 19.3 Å². The Morgan fingerprint density at radius 2 is 1.33 bits per heavy atom. The Morgan fingerprint density at radius 3 is 1.82 bits per heavy atom. The standard InChI is InChI=1S/C19H31N3O11/c1-9(23)28-7-14-16(30-10(2)24)17(31-11(3)25)18(32-12(4)26)19(33-14)29-8-15(27)22-13(5-20)6-21/h13-14,16-19H,5-8,20-21H2,1-4H3,(H,22,27). The Morgan fingerprint density at radius 1 is 0.818 bits per heavy atom. The molecule has 1 amide bonds. The molecule has 5 atom stereocenters. The number of nitrogens with two attached hydrogens (primary N) is 2. The average molecular weight is 477 g/mol. The fourth-order valence-corrected chi connectivity index (χ4v) is 2.96. The molecule has 1 saturated heterocycles. The van der Waals surface area contributed by atoms with Crippen molar-refractivity contribution in [1.29, 1.82) is 0 Å². The minimum atomic E-state index is -1.45. The molecule has 0 spiro atoms. The molecule has 1 heterocycles. The Balaban J connectivity index is 3.19. The third-order valence-corrected chi connectivity index (χ3v) is 4.26. The molecule has 5 N–H and O–H groups in total. The highest BCUT2D eigenvalue weighted by atomic mass is 16.7. The molecule has 0 bridgehead atoms. The summed E-state index contributed by atoms with van der Waals surface area (Å²) in [5, 5.41) is 2.54. The minimum absolute atomic E-state index is 0.0985. The van der Waals surface area contributed by atoms with Crippen LogP contribution in [0.4, 0.5) is 0 Å². The van der Waals surface area contributed by atoms with Gasteiger partial charge in [0.05, 0.1) is 6.04 Å². The predicted molar refractivity (Wildman–Crippen MR) is 108 cm³/mol. The zero-order valence-corrected chi connectivity index (χ0v) is 18.9. The largest absolute Gasteiger partial charge is 0.463 e. The number of amides is 1. The quantitative estimate of drug-likeness (QED) is 0.208. The van der Waals surface area contributed by atoms with Gasteiger partial charge in [-0.25, -0.2) is 0 Å². The molecule has 33 heavy (non-hydrogen) atoms. The molecule has 1 aliphatic heterocycles. The van der Waals surface area contributed by atoms with Crippen LogP contribution in [0.1, 0.15) is 27.7 Å². The molecule has 5 unspecified atom stereocenters. The summed E-state index contributed by atoms with van der Waals surface area (Å²) >= 11 is 0. The highest BCUT2D eigenvalue weighted by molar-refractivity contribution is 5.77. The van der Waals surface area contributed by atoms with Gasteiger partial charge in [0.2, 0.25) is 5.91 Å². The number of nitrogens with one attached hydrogen (secondary N) is 1. The zero-order chi connectivity index (χ0) is 25.1. The molecule has 0 aromatic heterocycles. The lowest BCUT2D eigenvalue weighted by Crippen LogP contribution is -2.63. The lowest BCUT2D eigenvalue weighted by Gasteiger charge is -2.43. The minimum Gasteiger partial charge on any atom is -0.463 e. The average Bonchev–Trinajstić information content (AvgIpc) is 2.71. The third-order valence-electron chi connectivity index (χ3n) is 4.26. The Labute approximate surface area is 190 Å². The van der Waals surface area contributed by atoms with E-state index in [-0.39, 0.29) is 13.1 Å². The molecule has 188 valence electrons. The molecular formula is C19H31N3O11. The van der Waals surface area contributed by atoms with Crippen molar-refractivity contribution < 1.29 is 52.4 Å². The van der Waals surface area contributed by atoms with E-state index < -0.39 is 79.7 Å². The van der Waals surface area contributed by atoms with E-state index in [2.05, 4.69) is 5.32 Å². The predicted octanol–water partition coefficient (Wildman–Crippen LogP) is -2.51. The summed E-state index contributed by atoms with van der Waals surface area (Å²) in [5.41, 5.74) is 11.0. The van der Waals surface area contributed by atoms with Crippen molar-refractivity contribution in [3.63, 3.8) is 0 Å². The monoisotopic (exact) mass is 477 g/mol. The molecule has 1 aliphatic rings. The molecule has 0 saturated carbocycles. The molecule has 0 aromatic carbocycles. The van der Waals surface area contributed by atoms with Gasteiger partial charge in [0.25, 0.3) is 0 Å². The first-order chi connectivity index (χ1) is 15.5. The van der Waals surface area contributed by atoms with Gasteiger partial charge in [-0.2, -0.15) is 0 Å². The van der Waals surface area contributed by atoms with Gasteiger partial charge < -0.3 is 45.2 Å². The number of esters is 4. The first kappa shape index (κ1) is 28.2. The summed E-state index contributed by atoms with van der Waals surface area (Å²) in [7, 11) is 0. The Kier molecular flexibility index (Phi) is 11.7. The van der Waals surface area contributed by atoms with Gasteiger partial charge in [0, 0.05) is 40.8 Å². The lowest BCUT2D eigenvalue weighted by atomic mass is 9.98. The zero-order valence-electron chi connectivity index (χ0n) is 18.9. The highest BCUT2D eigenvalue weighted by Gasteiger charge is 2.52. The van der Waals surface area contributed by atoms with Gasteiger partial charge >= 0.3 is 23.9 Å². The van der Waals surface area contributed by atoms with E-state index in [9.17, 15) is 24.0 Å². The van der Waals surface area contributed by atoms with E-state index >= 15 is 0 Å². The van der Waals surface area contributed by atoms with Crippen LogP contribution in [0.3, 0.4) is 0 Å². The normalized spacial score (nSPS) is 24.5. The maximum absolute atomic E-state index is 12.2. The molecule has 0 aliphatic carbocycles. The molecule has 1 rings (SSSR count). The highest BCUT2D eigenvalue weighted by Crippen LogP contribution is 2.29. The van der Waals surface area contributed by atoms with Crippen LogP contribution in [0.2, 0.25) is 0 Å². The van der Waals surface area contributed by atoms with Crippen LogP contribution in [-0.2, 0) is 52.4 Å². The van der Waals surface area contributed by atoms with Crippen LogP contribution in [0.25, 0.3) is 0 Å². The van der Waals surface area contributed by atoms with E-state index in [1.807, 2.05) is 0 Å². The topological polar surface area (TPSA) is 205 Å². The summed E-state index contributed by atoms with van der Waals surface area (Å²) in [6.07, 6.45) is -6.76. The van der Waals surface area contributed by atoms with Crippen LogP contribution in [-0.4, -0.2) is 92.8 Å². The second-order valence-corrected chi connectivity index (χ2v) is 7.11. The first-order valence-electron chi connectivity index (χ1n) is 10.1. The number of ether oxygens (including phenoxy) is 6. The van der Waals surface area contributed by atoms with Gasteiger partial charge in [-0.3, -0.25) is 24.0 Å². The van der Waals surface area contributed by atoms with E-state index in [1.165, 1.54) is 0 Å². The number of hydrogen-bond donors (Lipinski definition) is 3. The van der Waals surface area contributed by atoms with E-state index in [1.54, 1.807) is 0 Å². The number of rotatable bonds is 11. The van der Waals surface area contributed by atoms with E-state index in [0.29, 0.717) is 0 Å². The van der Waals surface area contributed by atoms with Crippen molar-refractivity contribution in [3.8, 4) is 0 Å². The fraction of sp³-hybridized carbons (Fsp3) is 0.737. The fourth-order valence-electron chi connectivity index (χ4n) is 2.96. The lowest BCUT2D eigenvalue weighted by molar-refractivity contribution is -0.306. The molecule has 1 fully saturated rings. The van der Waals surface area contributed by atoms with Crippen molar-refractivity contribution in [2.75, 3.05) is 26.3 Å². The molecule has 0 aromatic rings. The van der Waals surface area contributed by atoms with Gasteiger partial charge in [-0.1, -0.05) is 0 Å². The van der Waals surface area contributed by atoms with Crippen molar-refractivity contribution in [2.45, 2.75) is 64.4 Å². The summed E-state index contributed by atoms with van der Waals surface area (Å²) in [6.45, 7) is 3.66. The van der Waals surface area contributed by atoms with Crippen LogP contribution < -0.4 is 16.8 Å². The van der Waals surface area contributed by atoms with Crippen LogP contribution in [0.5, 0.6) is 0 Å². The molecule has 0 radical (unpaired) electrons. The van der Waals surface area contributed by atoms with Gasteiger partial charge in [-0.15, -0.1) is 0 Å². The van der Waals surface area contributed by atoms with Crippen molar-refractivity contribution in [3.05, 3.63) is 0 Å². The van der Waals surface area contributed by atoms with Crippen LogP contribution in [0.15, 0.2) is 0 Å². The Hall–Kier alpha value is -2.81. The summed E-state index contributed by atoms with van der Waals surface area (Å²) in [4.78, 5) is 58.6. The molecular weight excluding hydrogens is 446 g/mol. The van der Waals surface area contributed by atoms with Crippen LogP contribution in [0, 0.1) is 0 Å². The second-order valence-electron chi connectivity index (χ2n) is 7.11. The first-order valence-corrected chi connectivity index (χ1v) is 10.1. The molecule has 14 nitrogen and oxygen atoms in total. The van der Waals surface area contributed by atoms with Crippen LogP contribution >= 0.6 is 0 Å². The summed E-state index contributed by atoms with van der Waals surface area (Å²) < 4.78 is 31.9. The number of carbonyl (C=O) groups is 5. The molecule has 14 heteroatoms. The second kappa shape index (κ2) is 13.7. The van der Waals surface area contributed by atoms with Crippen molar-refractivity contribution >= 4 is 29.8 Å². The third kappa shape index (κ3) is 9.69. The Bertz CT molecular complexity index is 713. The van der Waals surface area contributed by atoms with Crippen molar-refractivity contribution in [1.82, 2.24) is 5.32 Å². The maximum atomic E-state index is 12.2. The van der Waals surface area contributed by atoms with Gasteiger partial charge in [0.15, 0.2) is 24.6 Å². The van der Waals surface area contributed by atoms with Gasteiger partial charge in [-0.05, 0) is 0 Å². The number of hydrogen-bond acceptors (Lipinski definition) is 13. The summed E-state index contributed by atoms with van der Waals surface area (Å²) in [6, 6.07) is -0.489. The van der Waals surface area contributed by atoms with E-state index in [0.717, 1.165) is 27.7 Å². The maximum Gasteiger partial charge on any atom is 0.303 e. The number of carbonyl (C=O) groups excluding carboxylic acids is 5.